The van der Waals surface area contributed by atoms with Gasteiger partial charge in [0.15, 0.2) is 0 Å². The predicted molar refractivity (Wildman–Crippen MR) is 92.8 cm³/mol. The van der Waals surface area contributed by atoms with E-state index in [2.05, 4.69) is 11.9 Å². The molecule has 0 radical (unpaired) electrons. The van der Waals surface area contributed by atoms with E-state index in [0.29, 0.717) is 34.2 Å². The maximum absolute atomic E-state index is 12.9. The van der Waals surface area contributed by atoms with Gasteiger partial charge in [-0.25, -0.2) is 4.57 Å². The number of hydrogen-bond donors (Lipinski definition) is 0. The number of para-hydroxylation sites is 1. The summed E-state index contributed by atoms with van der Waals surface area (Å²) in [6.07, 6.45) is 1.92. The molecule has 0 aliphatic rings. The number of hydrogen-bond acceptors (Lipinski definition) is 3. The van der Waals surface area contributed by atoms with Gasteiger partial charge in [-0.05, 0) is 42.8 Å². The predicted octanol–water partition coefficient (Wildman–Crippen LogP) is 4.22. The summed E-state index contributed by atoms with van der Waals surface area (Å²) < 4.78 is 7.26. The molecule has 23 heavy (non-hydrogen) atoms. The van der Waals surface area contributed by atoms with Gasteiger partial charge in [-0.2, -0.15) is 4.98 Å². The number of benzene rings is 2. The second kappa shape index (κ2) is 6.84. The summed E-state index contributed by atoms with van der Waals surface area (Å²) in [5.74, 6) is 0. The van der Waals surface area contributed by atoms with Crippen molar-refractivity contribution in [1.82, 2.24) is 9.55 Å². The molecule has 1 heterocycles. The van der Waals surface area contributed by atoms with Gasteiger partial charge >= 0.3 is 6.01 Å². The van der Waals surface area contributed by atoms with Crippen LogP contribution in [-0.2, 0) is 0 Å². The van der Waals surface area contributed by atoms with Crippen molar-refractivity contribution >= 4 is 22.5 Å². The van der Waals surface area contributed by atoms with Crippen LogP contribution in [0, 0.1) is 0 Å². The molecule has 118 valence electrons. The van der Waals surface area contributed by atoms with Gasteiger partial charge < -0.3 is 4.74 Å². The number of nitrogens with zero attached hydrogens (tertiary/aromatic N) is 2. The van der Waals surface area contributed by atoms with Crippen LogP contribution in [0.5, 0.6) is 6.01 Å². The van der Waals surface area contributed by atoms with Gasteiger partial charge in [0.05, 0.1) is 23.2 Å². The number of unbranched alkanes of at least 4 members (excludes halogenated alkanes) is 1. The second-order valence-electron chi connectivity index (χ2n) is 5.23. The average Bonchev–Trinajstić information content (AvgIpc) is 2.57. The first-order valence-electron chi connectivity index (χ1n) is 7.61. The molecule has 0 aliphatic heterocycles. The molecule has 4 nitrogen and oxygen atoms in total. The summed E-state index contributed by atoms with van der Waals surface area (Å²) >= 11 is 5.94. The first-order chi connectivity index (χ1) is 11.2. The van der Waals surface area contributed by atoms with Crippen molar-refractivity contribution in [1.29, 1.82) is 0 Å². The minimum atomic E-state index is -0.149. The summed E-state index contributed by atoms with van der Waals surface area (Å²) in [6.45, 7) is 2.61. The lowest BCUT2D eigenvalue weighted by atomic mass is 10.2. The van der Waals surface area contributed by atoms with Crippen molar-refractivity contribution in [3.05, 3.63) is 63.9 Å². The fourth-order valence-electron chi connectivity index (χ4n) is 2.33. The Morgan fingerprint density at radius 3 is 2.61 bits per heavy atom. The lowest BCUT2D eigenvalue weighted by molar-refractivity contribution is 0.278. The van der Waals surface area contributed by atoms with Crippen molar-refractivity contribution in [2.24, 2.45) is 0 Å². The zero-order valence-corrected chi connectivity index (χ0v) is 13.6. The molecule has 1 aromatic heterocycles. The molecule has 0 aliphatic carbocycles. The Balaban J connectivity index is 2.19. The third-order valence-corrected chi connectivity index (χ3v) is 3.81. The van der Waals surface area contributed by atoms with Crippen molar-refractivity contribution in [2.75, 3.05) is 6.61 Å². The highest BCUT2D eigenvalue weighted by Gasteiger charge is 2.13. The molecular formula is C18H17ClN2O2. The Morgan fingerprint density at radius 1 is 1.13 bits per heavy atom. The number of ether oxygens (including phenoxy) is 1. The monoisotopic (exact) mass is 328 g/mol. The Labute approximate surface area is 139 Å². The van der Waals surface area contributed by atoms with Crippen LogP contribution in [0.3, 0.4) is 0 Å². The van der Waals surface area contributed by atoms with Crippen LogP contribution < -0.4 is 10.3 Å². The molecule has 0 N–H and O–H groups in total. The fraction of sp³-hybridized carbons (Fsp3) is 0.222. The molecule has 2 aromatic carbocycles. The molecule has 0 atom stereocenters. The van der Waals surface area contributed by atoms with Crippen LogP contribution in [0.1, 0.15) is 19.8 Å². The summed E-state index contributed by atoms with van der Waals surface area (Å²) in [7, 11) is 0. The largest absolute Gasteiger partial charge is 0.464 e. The van der Waals surface area contributed by atoms with E-state index in [9.17, 15) is 4.79 Å². The highest BCUT2D eigenvalue weighted by atomic mass is 35.5. The van der Waals surface area contributed by atoms with Gasteiger partial charge in [-0.3, -0.25) is 4.79 Å². The molecular weight excluding hydrogens is 312 g/mol. The topological polar surface area (TPSA) is 44.1 Å². The maximum Gasteiger partial charge on any atom is 0.304 e. The van der Waals surface area contributed by atoms with Crippen LogP contribution in [0.25, 0.3) is 16.6 Å². The average molecular weight is 329 g/mol. The number of rotatable bonds is 5. The molecule has 0 spiro atoms. The van der Waals surface area contributed by atoms with Crippen molar-refractivity contribution in [3.63, 3.8) is 0 Å². The van der Waals surface area contributed by atoms with Crippen LogP contribution in [-0.4, -0.2) is 16.2 Å². The molecule has 3 aromatic rings. The van der Waals surface area contributed by atoms with E-state index in [0.717, 1.165) is 12.8 Å². The SMILES string of the molecule is CCCCOc1nc2ccccc2c(=O)n1-c1ccc(Cl)cc1. The third-order valence-electron chi connectivity index (χ3n) is 3.56. The van der Waals surface area contributed by atoms with Gasteiger partial charge in [0.1, 0.15) is 0 Å². The minimum absolute atomic E-state index is 0.149. The molecule has 0 amide bonds. The van der Waals surface area contributed by atoms with Crippen LogP contribution in [0.15, 0.2) is 53.3 Å². The van der Waals surface area contributed by atoms with Crippen molar-refractivity contribution in [3.8, 4) is 11.7 Å². The molecule has 0 fully saturated rings. The van der Waals surface area contributed by atoms with Gasteiger partial charge in [-0.1, -0.05) is 37.1 Å². The van der Waals surface area contributed by atoms with E-state index in [1.165, 1.54) is 4.57 Å². The van der Waals surface area contributed by atoms with Crippen molar-refractivity contribution in [2.45, 2.75) is 19.8 Å². The van der Waals surface area contributed by atoms with E-state index >= 15 is 0 Å². The molecule has 0 saturated heterocycles. The summed E-state index contributed by atoms with van der Waals surface area (Å²) in [5, 5.41) is 1.18. The normalized spacial score (nSPS) is 10.9. The highest BCUT2D eigenvalue weighted by Crippen LogP contribution is 2.19. The van der Waals surface area contributed by atoms with E-state index in [1.807, 2.05) is 18.2 Å². The Hall–Kier alpha value is -2.33. The van der Waals surface area contributed by atoms with Crippen molar-refractivity contribution < 1.29 is 4.74 Å². The molecule has 0 saturated carbocycles. The lowest BCUT2D eigenvalue weighted by Gasteiger charge is -2.14. The van der Waals surface area contributed by atoms with Gasteiger partial charge in [-0.15, -0.1) is 0 Å². The first kappa shape index (κ1) is 15.6. The first-order valence-corrected chi connectivity index (χ1v) is 7.99. The summed E-state index contributed by atoms with van der Waals surface area (Å²) in [4.78, 5) is 17.4. The van der Waals surface area contributed by atoms with Gasteiger partial charge in [0.2, 0.25) is 0 Å². The van der Waals surface area contributed by atoms with E-state index < -0.39 is 0 Å². The lowest BCUT2D eigenvalue weighted by Crippen LogP contribution is -2.22. The van der Waals surface area contributed by atoms with Crippen LogP contribution >= 0.6 is 11.6 Å². The Bertz CT molecular complexity index is 872. The zero-order chi connectivity index (χ0) is 16.2. The third kappa shape index (κ3) is 3.22. The highest BCUT2D eigenvalue weighted by molar-refractivity contribution is 6.30. The van der Waals surface area contributed by atoms with Gasteiger partial charge in [0.25, 0.3) is 5.56 Å². The van der Waals surface area contributed by atoms with E-state index in [1.54, 1.807) is 30.3 Å². The molecule has 0 bridgehead atoms. The number of halogens is 1. The molecule has 3 rings (SSSR count). The smallest absolute Gasteiger partial charge is 0.304 e. The minimum Gasteiger partial charge on any atom is -0.464 e. The summed E-state index contributed by atoms with van der Waals surface area (Å²) in [6, 6.07) is 14.6. The van der Waals surface area contributed by atoms with Crippen LogP contribution in [0.2, 0.25) is 5.02 Å². The fourth-order valence-corrected chi connectivity index (χ4v) is 2.46. The zero-order valence-electron chi connectivity index (χ0n) is 12.8. The standard InChI is InChI=1S/C18H17ClN2O2/c1-2-3-12-23-18-20-16-7-5-4-6-15(16)17(22)21(18)14-10-8-13(19)9-11-14/h4-11H,2-3,12H2,1H3. The Kier molecular flexibility index (Phi) is 4.63. The molecule has 5 heteroatoms. The second-order valence-corrected chi connectivity index (χ2v) is 5.67. The quantitative estimate of drug-likeness (QED) is 0.659. The van der Waals surface area contributed by atoms with Crippen LogP contribution in [0.4, 0.5) is 0 Å². The number of aromatic nitrogens is 2. The number of fused-ring (bicyclic) bond motifs is 1. The summed E-state index contributed by atoms with van der Waals surface area (Å²) in [5.41, 5.74) is 1.17. The van der Waals surface area contributed by atoms with E-state index in [-0.39, 0.29) is 5.56 Å². The van der Waals surface area contributed by atoms with E-state index in [4.69, 9.17) is 16.3 Å². The van der Waals surface area contributed by atoms with Gasteiger partial charge in [0, 0.05) is 5.02 Å². The maximum atomic E-state index is 12.9. The Morgan fingerprint density at radius 2 is 1.87 bits per heavy atom. The molecule has 0 unspecified atom stereocenters.